The van der Waals surface area contributed by atoms with Gasteiger partial charge >= 0.3 is 0 Å². The summed E-state index contributed by atoms with van der Waals surface area (Å²) in [4.78, 5) is 7.69. The van der Waals surface area contributed by atoms with E-state index in [-0.39, 0.29) is 0 Å². The molecule has 6 heteroatoms. The highest BCUT2D eigenvalue weighted by molar-refractivity contribution is 6.30. The molecule has 0 aliphatic carbocycles. The molecule has 0 spiro atoms. The van der Waals surface area contributed by atoms with Crippen LogP contribution in [-0.4, -0.2) is 65.3 Å². The van der Waals surface area contributed by atoms with Crippen LogP contribution < -0.4 is 4.90 Å². The van der Waals surface area contributed by atoms with Crippen LogP contribution in [0.3, 0.4) is 0 Å². The number of nitrogens with zero attached hydrogens (tertiary/aromatic N) is 4. The average molecular weight is 360 g/mol. The molecule has 1 N–H and O–H groups in total. The van der Waals surface area contributed by atoms with Gasteiger partial charge in [0.1, 0.15) is 0 Å². The largest absolute Gasteiger partial charge is 0.369 e. The van der Waals surface area contributed by atoms with Gasteiger partial charge in [0.05, 0.1) is 0 Å². The normalized spacial score (nSPS) is 23.1. The lowest BCUT2D eigenvalue weighted by Crippen LogP contribution is -2.55. The van der Waals surface area contributed by atoms with Gasteiger partial charge in [0, 0.05) is 67.9 Å². The zero-order valence-corrected chi connectivity index (χ0v) is 15.3. The lowest BCUT2D eigenvalue weighted by Gasteiger charge is -2.44. The van der Waals surface area contributed by atoms with E-state index in [0.717, 1.165) is 44.3 Å². The van der Waals surface area contributed by atoms with Gasteiger partial charge in [-0.2, -0.15) is 5.10 Å². The zero-order chi connectivity index (χ0) is 17.1. The van der Waals surface area contributed by atoms with Gasteiger partial charge in [-0.25, -0.2) is 0 Å². The fourth-order valence-electron chi connectivity index (χ4n) is 4.10. The van der Waals surface area contributed by atoms with Gasteiger partial charge in [0.15, 0.2) is 0 Å². The van der Waals surface area contributed by atoms with Crippen LogP contribution in [0.2, 0.25) is 5.02 Å². The van der Waals surface area contributed by atoms with Crippen molar-refractivity contribution in [2.24, 2.45) is 0 Å². The maximum Gasteiger partial charge on any atom is 0.0492 e. The molecule has 25 heavy (non-hydrogen) atoms. The molecule has 0 amide bonds. The Bertz CT molecular complexity index is 666. The van der Waals surface area contributed by atoms with Crippen LogP contribution in [0.15, 0.2) is 36.5 Å². The molecule has 4 rings (SSSR count). The third kappa shape index (κ3) is 4.17. The molecule has 2 aliphatic heterocycles. The van der Waals surface area contributed by atoms with Crippen molar-refractivity contribution in [3.05, 3.63) is 47.2 Å². The molecule has 1 aromatic heterocycles. The first-order valence-corrected chi connectivity index (χ1v) is 9.61. The summed E-state index contributed by atoms with van der Waals surface area (Å²) in [6, 6.07) is 11.0. The minimum atomic E-state index is 0.679. The van der Waals surface area contributed by atoms with Gasteiger partial charge in [0.2, 0.25) is 0 Å². The van der Waals surface area contributed by atoms with Crippen LogP contribution in [0, 0.1) is 0 Å². The van der Waals surface area contributed by atoms with Crippen molar-refractivity contribution < 1.29 is 0 Å². The molecule has 1 unspecified atom stereocenters. The number of aromatic amines is 1. The minimum absolute atomic E-state index is 0.679. The van der Waals surface area contributed by atoms with Crippen LogP contribution in [0.5, 0.6) is 0 Å². The molecule has 1 aromatic carbocycles. The summed E-state index contributed by atoms with van der Waals surface area (Å²) in [5.74, 6) is 0. The Morgan fingerprint density at radius 2 is 2.00 bits per heavy atom. The number of halogens is 1. The maximum absolute atomic E-state index is 6.14. The van der Waals surface area contributed by atoms with E-state index in [1.165, 1.54) is 30.8 Å². The first-order valence-electron chi connectivity index (χ1n) is 9.23. The number of nitrogens with one attached hydrogen (secondary N) is 1. The van der Waals surface area contributed by atoms with Gasteiger partial charge in [-0.1, -0.05) is 17.7 Å². The Morgan fingerprint density at radius 1 is 1.12 bits per heavy atom. The predicted octanol–water partition coefficient (Wildman–Crippen LogP) is 2.85. The van der Waals surface area contributed by atoms with Crippen LogP contribution in [-0.2, 0) is 6.54 Å². The van der Waals surface area contributed by atoms with Crippen LogP contribution in [0.4, 0.5) is 5.69 Å². The van der Waals surface area contributed by atoms with Crippen molar-refractivity contribution in [2.45, 2.75) is 25.4 Å². The molecule has 5 nitrogen and oxygen atoms in total. The van der Waals surface area contributed by atoms with Gasteiger partial charge in [-0.3, -0.25) is 14.9 Å². The van der Waals surface area contributed by atoms with E-state index in [1.807, 2.05) is 18.3 Å². The summed E-state index contributed by atoms with van der Waals surface area (Å²) >= 11 is 6.14. The highest BCUT2D eigenvalue weighted by Gasteiger charge is 2.28. The molecule has 2 aliphatic rings. The quantitative estimate of drug-likeness (QED) is 0.911. The fraction of sp³-hybridized carbons (Fsp3) is 0.526. The second kappa shape index (κ2) is 7.77. The molecular weight excluding hydrogens is 334 g/mol. The molecule has 0 radical (unpaired) electrons. The number of piperidine rings is 1. The molecular formula is C19H26ClN5. The summed E-state index contributed by atoms with van der Waals surface area (Å²) in [5, 5.41) is 7.97. The van der Waals surface area contributed by atoms with E-state index in [1.54, 1.807) is 0 Å². The Balaban J connectivity index is 1.31. The monoisotopic (exact) mass is 359 g/mol. The standard InChI is InChI=1S/C19H26ClN5/c20-16-3-1-4-18(13-16)24-9-11-25(12-10-24)19-5-2-8-23(15-19)14-17-6-7-21-22-17/h1,3-4,6-7,13,19H,2,5,8-12,14-15H2,(H,21,22). The summed E-state index contributed by atoms with van der Waals surface area (Å²) in [5.41, 5.74) is 2.46. The zero-order valence-electron chi connectivity index (χ0n) is 14.6. The first-order chi connectivity index (χ1) is 12.3. The highest BCUT2D eigenvalue weighted by atomic mass is 35.5. The van der Waals surface area contributed by atoms with Crippen molar-refractivity contribution in [1.29, 1.82) is 0 Å². The molecule has 2 aromatic rings. The molecule has 2 saturated heterocycles. The SMILES string of the molecule is Clc1cccc(N2CCN(C3CCCN(Cc4ccn[nH]4)C3)CC2)c1. The lowest BCUT2D eigenvalue weighted by molar-refractivity contribution is 0.0881. The van der Waals surface area contributed by atoms with Crippen molar-refractivity contribution in [1.82, 2.24) is 20.0 Å². The second-order valence-electron chi connectivity index (χ2n) is 7.12. The van der Waals surface area contributed by atoms with Gasteiger partial charge in [-0.05, 0) is 43.7 Å². The molecule has 3 heterocycles. The van der Waals surface area contributed by atoms with Crippen molar-refractivity contribution >= 4 is 17.3 Å². The Morgan fingerprint density at radius 3 is 2.76 bits per heavy atom. The second-order valence-corrected chi connectivity index (χ2v) is 7.55. The number of anilines is 1. The number of hydrogen-bond acceptors (Lipinski definition) is 4. The molecule has 134 valence electrons. The summed E-state index contributed by atoms with van der Waals surface area (Å²) < 4.78 is 0. The van der Waals surface area contributed by atoms with E-state index in [2.05, 4.69) is 43.1 Å². The third-order valence-electron chi connectivity index (χ3n) is 5.44. The van der Waals surface area contributed by atoms with Crippen molar-refractivity contribution in [3.8, 4) is 0 Å². The number of hydrogen-bond donors (Lipinski definition) is 1. The van der Waals surface area contributed by atoms with Crippen molar-refractivity contribution in [2.75, 3.05) is 44.2 Å². The Labute approximate surface area is 154 Å². The maximum atomic E-state index is 6.14. The van der Waals surface area contributed by atoms with E-state index in [4.69, 9.17) is 11.6 Å². The molecule has 1 atom stereocenters. The molecule has 2 fully saturated rings. The number of piperazine rings is 1. The highest BCUT2D eigenvalue weighted by Crippen LogP contribution is 2.23. The van der Waals surface area contributed by atoms with Crippen LogP contribution in [0.25, 0.3) is 0 Å². The van der Waals surface area contributed by atoms with E-state index >= 15 is 0 Å². The van der Waals surface area contributed by atoms with Crippen LogP contribution in [0.1, 0.15) is 18.5 Å². The van der Waals surface area contributed by atoms with E-state index in [0.29, 0.717) is 6.04 Å². The van der Waals surface area contributed by atoms with Gasteiger partial charge in [-0.15, -0.1) is 0 Å². The Hall–Kier alpha value is -1.56. The predicted molar refractivity (Wildman–Crippen MR) is 102 cm³/mol. The number of rotatable bonds is 4. The smallest absolute Gasteiger partial charge is 0.0492 e. The van der Waals surface area contributed by atoms with Crippen LogP contribution >= 0.6 is 11.6 Å². The average Bonchev–Trinajstić information content (AvgIpc) is 3.15. The summed E-state index contributed by atoms with van der Waals surface area (Å²) in [6.07, 6.45) is 4.44. The molecule has 0 bridgehead atoms. The number of benzene rings is 1. The fourth-order valence-corrected chi connectivity index (χ4v) is 4.29. The minimum Gasteiger partial charge on any atom is -0.369 e. The topological polar surface area (TPSA) is 38.4 Å². The molecule has 0 saturated carbocycles. The lowest BCUT2D eigenvalue weighted by atomic mass is 10.0. The van der Waals surface area contributed by atoms with Gasteiger partial charge in [0.25, 0.3) is 0 Å². The number of likely N-dealkylation sites (tertiary alicyclic amines) is 1. The Kier molecular flexibility index (Phi) is 5.25. The third-order valence-corrected chi connectivity index (χ3v) is 5.67. The van der Waals surface area contributed by atoms with E-state index in [9.17, 15) is 0 Å². The van der Waals surface area contributed by atoms with E-state index < -0.39 is 0 Å². The van der Waals surface area contributed by atoms with Gasteiger partial charge < -0.3 is 4.90 Å². The summed E-state index contributed by atoms with van der Waals surface area (Å²) in [6.45, 7) is 7.77. The number of H-pyrrole nitrogens is 1. The summed E-state index contributed by atoms with van der Waals surface area (Å²) in [7, 11) is 0. The first kappa shape index (κ1) is 16.9. The number of aromatic nitrogens is 2. The van der Waals surface area contributed by atoms with Crippen molar-refractivity contribution in [3.63, 3.8) is 0 Å².